The van der Waals surface area contributed by atoms with Gasteiger partial charge in [0.15, 0.2) is 5.58 Å². The number of nitriles is 1. The molecule has 0 saturated heterocycles. The van der Waals surface area contributed by atoms with E-state index in [2.05, 4.69) is 10.5 Å². The first-order valence-electron chi connectivity index (χ1n) is 10.2. The fourth-order valence-corrected chi connectivity index (χ4v) is 3.63. The molecule has 8 heteroatoms. The average molecular weight is 422 g/mol. The summed E-state index contributed by atoms with van der Waals surface area (Å²) in [6.45, 7) is 4.01. The van der Waals surface area contributed by atoms with E-state index in [0.29, 0.717) is 41.7 Å². The average Bonchev–Trinajstić information content (AvgIpc) is 3.16. The van der Waals surface area contributed by atoms with Gasteiger partial charge in [-0.25, -0.2) is 0 Å². The quantitative estimate of drug-likeness (QED) is 0.567. The van der Waals surface area contributed by atoms with Gasteiger partial charge in [0, 0.05) is 25.3 Å². The SMILES string of the molecule is CCC(NC(=O)C(CCC#N)OC)c1cc2onc(C)c2c(=O)n1Cc1ccccc1. The Morgan fingerprint density at radius 1 is 1.35 bits per heavy atom. The van der Waals surface area contributed by atoms with Gasteiger partial charge in [0.05, 0.1) is 24.3 Å². The second-order valence-corrected chi connectivity index (χ2v) is 7.34. The maximum absolute atomic E-state index is 13.4. The second-order valence-electron chi connectivity index (χ2n) is 7.34. The Morgan fingerprint density at radius 3 is 2.74 bits per heavy atom. The lowest BCUT2D eigenvalue weighted by Gasteiger charge is -2.24. The number of carbonyl (C=O) groups excluding carboxylic acids is 1. The highest BCUT2D eigenvalue weighted by molar-refractivity contribution is 5.82. The Balaban J connectivity index is 2.03. The zero-order valence-electron chi connectivity index (χ0n) is 17.9. The maximum atomic E-state index is 13.4. The van der Waals surface area contributed by atoms with Crippen molar-refractivity contribution >= 4 is 16.9 Å². The molecule has 2 atom stereocenters. The van der Waals surface area contributed by atoms with Crippen LogP contribution < -0.4 is 10.9 Å². The van der Waals surface area contributed by atoms with Crippen molar-refractivity contribution in [3.8, 4) is 6.07 Å². The molecule has 0 aliphatic rings. The fourth-order valence-electron chi connectivity index (χ4n) is 3.63. The minimum Gasteiger partial charge on any atom is -0.372 e. The van der Waals surface area contributed by atoms with E-state index in [1.165, 1.54) is 7.11 Å². The largest absolute Gasteiger partial charge is 0.372 e. The summed E-state index contributed by atoms with van der Waals surface area (Å²) in [5.41, 5.74) is 2.30. The smallest absolute Gasteiger partial charge is 0.264 e. The number of ether oxygens (including phenoxy) is 1. The molecular weight excluding hydrogens is 396 g/mol. The van der Waals surface area contributed by atoms with E-state index in [4.69, 9.17) is 14.5 Å². The molecule has 31 heavy (non-hydrogen) atoms. The lowest BCUT2D eigenvalue weighted by molar-refractivity contribution is -0.132. The minimum atomic E-state index is -0.737. The molecule has 2 unspecified atom stereocenters. The number of hydrogen-bond acceptors (Lipinski definition) is 6. The van der Waals surface area contributed by atoms with Gasteiger partial charge in [-0.15, -0.1) is 0 Å². The van der Waals surface area contributed by atoms with E-state index in [9.17, 15) is 9.59 Å². The van der Waals surface area contributed by atoms with Gasteiger partial charge >= 0.3 is 0 Å². The molecule has 0 aliphatic heterocycles. The zero-order chi connectivity index (χ0) is 22.4. The van der Waals surface area contributed by atoms with Gasteiger partial charge in [-0.1, -0.05) is 42.4 Å². The van der Waals surface area contributed by atoms with Gasteiger partial charge in [-0.05, 0) is 25.3 Å². The molecule has 2 heterocycles. The molecule has 3 aromatic rings. The molecule has 1 N–H and O–H groups in total. The van der Waals surface area contributed by atoms with E-state index in [1.54, 1.807) is 17.6 Å². The normalized spacial score (nSPS) is 13.0. The van der Waals surface area contributed by atoms with Gasteiger partial charge in [-0.2, -0.15) is 5.26 Å². The van der Waals surface area contributed by atoms with Gasteiger partial charge in [0.25, 0.3) is 5.56 Å². The lowest BCUT2D eigenvalue weighted by Crippen LogP contribution is -2.40. The number of hydrogen-bond donors (Lipinski definition) is 1. The Morgan fingerprint density at radius 2 is 2.10 bits per heavy atom. The maximum Gasteiger partial charge on any atom is 0.264 e. The summed E-state index contributed by atoms with van der Waals surface area (Å²) >= 11 is 0. The van der Waals surface area contributed by atoms with Gasteiger partial charge < -0.3 is 19.1 Å². The van der Waals surface area contributed by atoms with Gasteiger partial charge in [-0.3, -0.25) is 9.59 Å². The summed E-state index contributed by atoms with van der Waals surface area (Å²) < 4.78 is 12.3. The summed E-state index contributed by atoms with van der Waals surface area (Å²) in [4.78, 5) is 26.1. The van der Waals surface area contributed by atoms with E-state index in [1.807, 2.05) is 43.3 Å². The molecule has 0 fully saturated rings. The lowest BCUT2D eigenvalue weighted by atomic mass is 10.1. The molecule has 1 aromatic carbocycles. The summed E-state index contributed by atoms with van der Waals surface area (Å²) in [5, 5.41) is 16.2. The number of nitrogens with zero attached hydrogens (tertiary/aromatic N) is 3. The van der Waals surface area contributed by atoms with E-state index in [0.717, 1.165) is 5.56 Å². The first-order valence-corrected chi connectivity index (χ1v) is 10.2. The first kappa shape index (κ1) is 22.2. The monoisotopic (exact) mass is 422 g/mol. The minimum absolute atomic E-state index is 0.212. The topological polar surface area (TPSA) is 110 Å². The molecule has 0 aliphatic carbocycles. The number of aryl methyl sites for hydroxylation is 1. The predicted octanol–water partition coefficient (Wildman–Crippen LogP) is 3.23. The van der Waals surface area contributed by atoms with Crippen LogP contribution in [0.3, 0.4) is 0 Å². The third-order valence-corrected chi connectivity index (χ3v) is 5.30. The Hall–Kier alpha value is -3.44. The van der Waals surface area contributed by atoms with Crippen LogP contribution in [0.4, 0.5) is 0 Å². The van der Waals surface area contributed by atoms with Crippen molar-refractivity contribution < 1.29 is 14.1 Å². The summed E-state index contributed by atoms with van der Waals surface area (Å²) in [7, 11) is 1.44. The van der Waals surface area contributed by atoms with Gasteiger partial charge in [0.2, 0.25) is 5.91 Å². The number of aromatic nitrogens is 2. The van der Waals surface area contributed by atoms with Crippen LogP contribution in [0.15, 0.2) is 45.7 Å². The summed E-state index contributed by atoms with van der Waals surface area (Å²) in [6, 6.07) is 13.0. The number of pyridine rings is 1. The van der Waals surface area contributed by atoms with Crippen LogP contribution in [0, 0.1) is 18.3 Å². The van der Waals surface area contributed by atoms with Gasteiger partial charge in [0.1, 0.15) is 11.5 Å². The van der Waals surface area contributed by atoms with Crippen LogP contribution in [0.1, 0.15) is 49.2 Å². The predicted molar refractivity (Wildman–Crippen MR) is 115 cm³/mol. The van der Waals surface area contributed by atoms with Crippen molar-refractivity contribution in [2.45, 2.75) is 51.8 Å². The summed E-state index contributed by atoms with van der Waals surface area (Å²) in [5.74, 6) is -0.322. The molecule has 0 radical (unpaired) electrons. The molecule has 8 nitrogen and oxygen atoms in total. The number of benzene rings is 1. The van der Waals surface area contributed by atoms with Crippen LogP contribution >= 0.6 is 0 Å². The zero-order valence-corrected chi connectivity index (χ0v) is 17.9. The highest BCUT2D eigenvalue weighted by Gasteiger charge is 2.25. The number of rotatable bonds is 9. The number of methoxy groups -OCH3 is 1. The molecule has 1 amide bonds. The Kier molecular flexibility index (Phi) is 7.21. The van der Waals surface area contributed by atoms with E-state index < -0.39 is 12.1 Å². The number of carbonyl (C=O) groups is 1. The molecule has 2 aromatic heterocycles. The molecule has 0 bridgehead atoms. The Labute approximate surface area is 180 Å². The van der Waals surface area contributed by atoms with Crippen molar-refractivity contribution in [1.82, 2.24) is 15.0 Å². The van der Waals surface area contributed by atoms with Crippen molar-refractivity contribution in [3.05, 3.63) is 63.7 Å². The fraction of sp³-hybridized carbons (Fsp3) is 0.391. The van der Waals surface area contributed by atoms with Crippen molar-refractivity contribution in [2.24, 2.45) is 0 Å². The molecule has 162 valence electrons. The van der Waals surface area contributed by atoms with Crippen molar-refractivity contribution in [1.29, 1.82) is 5.26 Å². The molecule has 0 spiro atoms. The van der Waals surface area contributed by atoms with Crippen LogP contribution in [-0.4, -0.2) is 28.8 Å². The van der Waals surface area contributed by atoms with Crippen LogP contribution in [-0.2, 0) is 16.1 Å². The third kappa shape index (κ3) is 4.84. The first-order chi connectivity index (χ1) is 15.0. The van der Waals surface area contributed by atoms with E-state index >= 15 is 0 Å². The number of fused-ring (bicyclic) bond motifs is 1. The summed E-state index contributed by atoms with van der Waals surface area (Å²) in [6.07, 6.45) is 0.323. The van der Waals surface area contributed by atoms with Crippen LogP contribution in [0.25, 0.3) is 11.0 Å². The molecule has 3 rings (SSSR count). The molecule has 0 saturated carbocycles. The standard InChI is InChI=1S/C23H26N4O4/c1-4-17(25-22(28)19(30-3)11-8-12-24)18-13-20-21(15(2)26-31-20)23(29)27(18)14-16-9-6-5-7-10-16/h5-7,9-10,13,17,19H,4,8,11,14H2,1-3H3,(H,25,28). The van der Waals surface area contributed by atoms with Crippen LogP contribution in [0.5, 0.6) is 0 Å². The highest BCUT2D eigenvalue weighted by atomic mass is 16.5. The third-order valence-electron chi connectivity index (χ3n) is 5.30. The van der Waals surface area contributed by atoms with Crippen molar-refractivity contribution in [2.75, 3.05) is 7.11 Å². The highest BCUT2D eigenvalue weighted by Crippen LogP contribution is 2.23. The van der Waals surface area contributed by atoms with E-state index in [-0.39, 0.29) is 17.9 Å². The Bertz CT molecular complexity index is 1140. The molecular formula is C23H26N4O4. The van der Waals surface area contributed by atoms with Crippen molar-refractivity contribution in [3.63, 3.8) is 0 Å². The number of nitrogens with one attached hydrogen (secondary N) is 1. The number of amides is 1. The van der Waals surface area contributed by atoms with Crippen LogP contribution in [0.2, 0.25) is 0 Å². The second kappa shape index (κ2) is 10.0.